The summed E-state index contributed by atoms with van der Waals surface area (Å²) in [5.41, 5.74) is 0.112. The summed E-state index contributed by atoms with van der Waals surface area (Å²) >= 11 is 0. The first-order valence-electron chi connectivity index (χ1n) is 18.3. The van der Waals surface area contributed by atoms with E-state index in [2.05, 4.69) is 45.1 Å². The smallest absolute Gasteiger partial charge is 0.306 e. The molecular weight excluding hydrogens is 606 g/mol. The molecule has 4 fully saturated rings. The molecule has 48 heavy (non-hydrogen) atoms. The molecule has 1 aliphatic heterocycles. The number of ether oxygens (including phenoxy) is 2. The predicted molar refractivity (Wildman–Crippen MR) is 182 cm³/mol. The fourth-order valence-electron chi connectivity index (χ4n) is 11.0. The van der Waals surface area contributed by atoms with Gasteiger partial charge in [0.05, 0.1) is 12.0 Å². The van der Waals surface area contributed by atoms with Crippen molar-refractivity contribution in [2.24, 2.45) is 28.6 Å². The standard InChI is InChI=1S/C40H55NO7/c1-36(2)26-39(21-23-48-36,27-8-6-5-7-9-27)20-22-41-34(44)12-13-35(45)47-25-33(43)40(46)19-16-32-30-11-10-28-24-29(42)14-17-37(28,3)31(30)15-18-38(32,40)4/h5-9,24,30-32,46H,10-23,25-26H2,1-4H3,(H,41,44)/t30-,31-,32+,37-,38-,39+,40-/m0/s1. The van der Waals surface area contributed by atoms with Crippen molar-refractivity contribution in [2.75, 3.05) is 19.8 Å². The quantitative estimate of drug-likeness (QED) is 0.288. The highest BCUT2D eigenvalue weighted by Crippen LogP contribution is 2.67. The van der Waals surface area contributed by atoms with E-state index < -0.39 is 29.4 Å². The maximum atomic E-state index is 13.6. The van der Waals surface area contributed by atoms with Gasteiger partial charge in [0.25, 0.3) is 0 Å². The van der Waals surface area contributed by atoms with Gasteiger partial charge in [-0.25, -0.2) is 0 Å². The SMILES string of the molecule is CC1(C)C[C@](CCNC(=O)CCC(=O)OCC(=O)[C@@]2(O)CC[C@@H]3[C@H]4CCC5=CC(=O)CC[C@]5(C)[C@H]4CC[C@@]32C)(c2ccccc2)CCO1. The first-order chi connectivity index (χ1) is 22.7. The van der Waals surface area contributed by atoms with Gasteiger partial charge in [-0.3, -0.25) is 19.2 Å². The Bertz CT molecular complexity index is 1450. The van der Waals surface area contributed by atoms with E-state index in [0.29, 0.717) is 37.8 Å². The van der Waals surface area contributed by atoms with E-state index in [-0.39, 0.29) is 46.9 Å². The van der Waals surface area contributed by atoms with E-state index >= 15 is 0 Å². The van der Waals surface area contributed by atoms with Crippen LogP contribution in [0.4, 0.5) is 0 Å². The van der Waals surface area contributed by atoms with Gasteiger partial charge in [-0.1, -0.05) is 49.8 Å². The van der Waals surface area contributed by atoms with Crippen LogP contribution in [0.3, 0.4) is 0 Å². The average Bonchev–Trinajstić information content (AvgIpc) is 3.34. The number of rotatable bonds is 10. The largest absolute Gasteiger partial charge is 0.458 e. The summed E-state index contributed by atoms with van der Waals surface area (Å²) < 4.78 is 11.4. The first kappa shape index (κ1) is 35.0. The summed E-state index contributed by atoms with van der Waals surface area (Å²) in [4.78, 5) is 51.1. The molecule has 0 bridgehead atoms. The zero-order chi connectivity index (χ0) is 34.4. The van der Waals surface area contributed by atoms with Crippen molar-refractivity contribution in [2.45, 2.75) is 128 Å². The molecule has 8 heteroatoms. The Morgan fingerprint density at radius 3 is 2.44 bits per heavy atom. The van der Waals surface area contributed by atoms with Gasteiger partial charge in [0.1, 0.15) is 5.60 Å². The van der Waals surface area contributed by atoms with Crippen LogP contribution in [0.1, 0.15) is 117 Å². The van der Waals surface area contributed by atoms with Crippen molar-refractivity contribution >= 4 is 23.4 Å². The van der Waals surface area contributed by atoms with Gasteiger partial charge in [0.15, 0.2) is 12.4 Å². The summed E-state index contributed by atoms with van der Waals surface area (Å²) in [6.45, 7) is 9.28. The number of ketones is 2. The number of hydrogen-bond donors (Lipinski definition) is 2. The molecule has 0 aromatic heterocycles. The third-order valence-electron chi connectivity index (χ3n) is 13.6. The van der Waals surface area contributed by atoms with Gasteiger partial charge < -0.3 is 19.9 Å². The number of benzene rings is 1. The molecule has 8 nitrogen and oxygen atoms in total. The number of amides is 1. The molecule has 0 spiro atoms. The van der Waals surface area contributed by atoms with Gasteiger partial charge in [-0.2, -0.15) is 0 Å². The lowest BCUT2D eigenvalue weighted by atomic mass is 9.46. The van der Waals surface area contributed by atoms with Crippen molar-refractivity contribution in [1.82, 2.24) is 5.32 Å². The summed E-state index contributed by atoms with van der Waals surface area (Å²) in [5.74, 6) is 0.0535. The molecule has 0 unspecified atom stereocenters. The molecule has 1 aromatic rings. The maximum Gasteiger partial charge on any atom is 0.306 e. The van der Waals surface area contributed by atoms with E-state index in [1.54, 1.807) is 0 Å². The second kappa shape index (κ2) is 13.1. The van der Waals surface area contributed by atoms with E-state index in [9.17, 15) is 24.3 Å². The molecule has 2 N–H and O–H groups in total. The van der Waals surface area contributed by atoms with Crippen LogP contribution in [0.15, 0.2) is 42.0 Å². The van der Waals surface area contributed by atoms with Crippen molar-refractivity contribution in [3.05, 3.63) is 47.5 Å². The van der Waals surface area contributed by atoms with E-state index in [1.165, 1.54) is 11.1 Å². The van der Waals surface area contributed by atoms with Crippen LogP contribution in [-0.4, -0.2) is 59.5 Å². The first-order valence-corrected chi connectivity index (χ1v) is 18.3. The molecule has 5 aliphatic rings. The van der Waals surface area contributed by atoms with Crippen LogP contribution >= 0.6 is 0 Å². The van der Waals surface area contributed by atoms with Crippen LogP contribution in [0.2, 0.25) is 0 Å². The Labute approximate surface area is 285 Å². The molecule has 1 aromatic carbocycles. The monoisotopic (exact) mass is 661 g/mol. The number of carbonyl (C=O) groups excluding carboxylic acids is 4. The van der Waals surface area contributed by atoms with Crippen molar-refractivity contribution < 1.29 is 33.8 Å². The molecule has 6 rings (SSSR count). The van der Waals surface area contributed by atoms with Gasteiger partial charge in [0, 0.05) is 36.8 Å². The fraction of sp³-hybridized carbons (Fsp3) is 0.700. The van der Waals surface area contributed by atoms with Gasteiger partial charge in [0.2, 0.25) is 11.7 Å². The topological polar surface area (TPSA) is 119 Å². The number of nitrogens with one attached hydrogen (secondary N) is 1. The normalized spacial score (nSPS) is 37.0. The molecule has 3 saturated carbocycles. The lowest BCUT2D eigenvalue weighted by molar-refractivity contribution is -0.170. The number of aliphatic hydroxyl groups is 1. The summed E-state index contributed by atoms with van der Waals surface area (Å²) in [5, 5.41) is 14.9. The number of carbonyl (C=O) groups is 4. The Morgan fingerprint density at radius 1 is 0.938 bits per heavy atom. The predicted octanol–water partition coefficient (Wildman–Crippen LogP) is 6.18. The highest BCUT2D eigenvalue weighted by atomic mass is 16.5. The average molecular weight is 662 g/mol. The van der Waals surface area contributed by atoms with E-state index in [0.717, 1.165) is 57.8 Å². The molecule has 1 heterocycles. The van der Waals surface area contributed by atoms with Crippen LogP contribution in [0.5, 0.6) is 0 Å². The number of fused-ring (bicyclic) bond motifs is 5. The molecule has 262 valence electrons. The highest BCUT2D eigenvalue weighted by Gasteiger charge is 2.66. The van der Waals surface area contributed by atoms with Gasteiger partial charge >= 0.3 is 5.97 Å². The minimum absolute atomic E-state index is 0.0200. The highest BCUT2D eigenvalue weighted by molar-refractivity contribution is 5.92. The Morgan fingerprint density at radius 2 is 1.69 bits per heavy atom. The Kier molecular flexibility index (Phi) is 9.57. The molecule has 0 radical (unpaired) electrons. The van der Waals surface area contributed by atoms with Gasteiger partial charge in [-0.05, 0) is 113 Å². The third-order valence-corrected chi connectivity index (χ3v) is 13.6. The molecule has 7 atom stereocenters. The van der Waals surface area contributed by atoms with Crippen molar-refractivity contribution in [1.29, 1.82) is 0 Å². The minimum Gasteiger partial charge on any atom is -0.458 e. The lowest BCUT2D eigenvalue weighted by Gasteiger charge is -2.58. The minimum atomic E-state index is -1.53. The number of hydrogen-bond acceptors (Lipinski definition) is 7. The molecular formula is C40H55NO7. The fourth-order valence-corrected chi connectivity index (χ4v) is 11.0. The second-order valence-electron chi connectivity index (χ2n) is 16.7. The zero-order valence-corrected chi connectivity index (χ0v) is 29.4. The van der Waals surface area contributed by atoms with Crippen LogP contribution < -0.4 is 5.32 Å². The van der Waals surface area contributed by atoms with Crippen LogP contribution in [0, 0.1) is 28.6 Å². The van der Waals surface area contributed by atoms with E-state index in [4.69, 9.17) is 9.47 Å². The maximum absolute atomic E-state index is 13.6. The lowest BCUT2D eigenvalue weighted by Crippen LogP contribution is -2.58. The molecule has 4 aliphatic carbocycles. The zero-order valence-electron chi connectivity index (χ0n) is 29.4. The van der Waals surface area contributed by atoms with Gasteiger partial charge in [-0.15, -0.1) is 0 Å². The van der Waals surface area contributed by atoms with Crippen LogP contribution in [0.25, 0.3) is 0 Å². The summed E-state index contributed by atoms with van der Waals surface area (Å²) in [7, 11) is 0. The number of Topliss-reactive ketones (excluding diaryl/α,β-unsaturated/α-hetero) is 1. The van der Waals surface area contributed by atoms with E-state index in [1.807, 2.05) is 24.3 Å². The second-order valence-corrected chi connectivity index (χ2v) is 16.7. The third kappa shape index (κ3) is 6.32. The Hall–Kier alpha value is -2.84. The number of esters is 1. The van der Waals surface area contributed by atoms with Crippen molar-refractivity contribution in [3.63, 3.8) is 0 Å². The van der Waals surface area contributed by atoms with Crippen LogP contribution in [-0.2, 0) is 34.1 Å². The molecule has 1 amide bonds. The summed E-state index contributed by atoms with van der Waals surface area (Å²) in [6.07, 6.45) is 10.5. The summed E-state index contributed by atoms with van der Waals surface area (Å²) in [6, 6.07) is 10.4. The van der Waals surface area contributed by atoms with Crippen molar-refractivity contribution in [3.8, 4) is 0 Å². The molecule has 1 saturated heterocycles. The Balaban J connectivity index is 0.981. The number of allylic oxidation sites excluding steroid dienone is 1.